The number of hydrogen-bond donors (Lipinski definition) is 2. The number of halogens is 2. The lowest BCUT2D eigenvalue weighted by Gasteiger charge is -2.10. The molecule has 3 aromatic rings. The third-order valence-corrected chi connectivity index (χ3v) is 4.32. The average molecular weight is 389 g/mol. The minimum Gasteiger partial charge on any atom is -0.380 e. The molecule has 0 aliphatic heterocycles. The van der Waals surface area contributed by atoms with E-state index in [0.717, 1.165) is 29.5 Å². The van der Waals surface area contributed by atoms with E-state index in [-0.39, 0.29) is 0 Å². The average Bonchev–Trinajstić information content (AvgIpc) is 2.62. The zero-order chi connectivity index (χ0) is 19.4. The molecular formula is C19H17F2N3O2S. The van der Waals surface area contributed by atoms with Crippen molar-refractivity contribution in [1.29, 1.82) is 0 Å². The third kappa shape index (κ3) is 5.24. The van der Waals surface area contributed by atoms with E-state index < -0.39 is 21.7 Å². The van der Waals surface area contributed by atoms with Crippen LogP contribution in [0, 0.1) is 11.6 Å². The van der Waals surface area contributed by atoms with Gasteiger partial charge in [0.25, 0.3) is 0 Å². The molecule has 1 heterocycles. The van der Waals surface area contributed by atoms with Gasteiger partial charge >= 0.3 is 0 Å². The summed E-state index contributed by atoms with van der Waals surface area (Å²) in [6, 6.07) is 12.5. The maximum Gasteiger partial charge on any atom is 0.229 e. The zero-order valence-electron chi connectivity index (χ0n) is 14.4. The highest BCUT2D eigenvalue weighted by atomic mass is 32.2. The molecule has 0 saturated carbocycles. The number of benzene rings is 2. The van der Waals surface area contributed by atoms with Crippen LogP contribution in [-0.4, -0.2) is 19.7 Å². The first-order valence-electron chi connectivity index (χ1n) is 8.01. The lowest BCUT2D eigenvalue weighted by Crippen LogP contribution is -2.09. The van der Waals surface area contributed by atoms with Crippen molar-refractivity contribution in [3.05, 3.63) is 78.1 Å². The summed E-state index contributed by atoms with van der Waals surface area (Å²) >= 11 is 0. The number of sulfonamides is 1. The number of aromatic nitrogens is 1. The van der Waals surface area contributed by atoms with E-state index in [1.807, 2.05) is 12.1 Å². The Morgan fingerprint density at radius 3 is 2.44 bits per heavy atom. The Balaban J connectivity index is 1.77. The maximum atomic E-state index is 13.3. The summed E-state index contributed by atoms with van der Waals surface area (Å²) in [5.74, 6) is -1.78. The Morgan fingerprint density at radius 2 is 1.70 bits per heavy atom. The number of nitrogens with zero attached hydrogens (tertiary/aromatic N) is 1. The fourth-order valence-corrected chi connectivity index (χ4v) is 3.08. The molecule has 0 unspecified atom stereocenters. The van der Waals surface area contributed by atoms with Gasteiger partial charge in [-0.3, -0.25) is 9.71 Å². The second-order valence-electron chi connectivity index (χ2n) is 6.02. The summed E-state index contributed by atoms with van der Waals surface area (Å²) in [5, 5.41) is 3.11. The molecule has 0 aliphatic carbocycles. The highest BCUT2D eigenvalue weighted by Crippen LogP contribution is 2.25. The molecule has 0 fully saturated rings. The van der Waals surface area contributed by atoms with Crippen LogP contribution in [0.4, 0.5) is 20.2 Å². The van der Waals surface area contributed by atoms with Crippen LogP contribution in [0.2, 0.25) is 0 Å². The zero-order valence-corrected chi connectivity index (χ0v) is 15.2. The second-order valence-corrected chi connectivity index (χ2v) is 7.77. The normalized spacial score (nSPS) is 11.2. The van der Waals surface area contributed by atoms with Crippen LogP contribution in [0.3, 0.4) is 0 Å². The molecule has 0 amide bonds. The maximum absolute atomic E-state index is 13.3. The molecule has 2 aromatic carbocycles. The molecule has 3 rings (SSSR count). The van der Waals surface area contributed by atoms with Gasteiger partial charge in [0.05, 0.1) is 11.9 Å². The van der Waals surface area contributed by atoms with E-state index in [0.29, 0.717) is 23.5 Å². The molecule has 27 heavy (non-hydrogen) atoms. The van der Waals surface area contributed by atoms with Crippen molar-refractivity contribution in [3.63, 3.8) is 0 Å². The van der Waals surface area contributed by atoms with E-state index in [1.165, 1.54) is 6.07 Å². The summed E-state index contributed by atoms with van der Waals surface area (Å²) < 4.78 is 51.5. The van der Waals surface area contributed by atoms with Crippen molar-refractivity contribution in [2.75, 3.05) is 16.3 Å². The number of nitrogens with one attached hydrogen (secondary N) is 2. The van der Waals surface area contributed by atoms with Gasteiger partial charge in [-0.25, -0.2) is 17.2 Å². The van der Waals surface area contributed by atoms with Crippen LogP contribution >= 0.6 is 0 Å². The molecule has 0 aliphatic rings. The number of anilines is 2. The van der Waals surface area contributed by atoms with Crippen LogP contribution in [0.5, 0.6) is 0 Å². The lowest BCUT2D eigenvalue weighted by atomic mass is 10.1. The highest BCUT2D eigenvalue weighted by Gasteiger charge is 2.06. The minimum atomic E-state index is -3.37. The first kappa shape index (κ1) is 18.8. The topological polar surface area (TPSA) is 71.1 Å². The highest BCUT2D eigenvalue weighted by molar-refractivity contribution is 7.92. The van der Waals surface area contributed by atoms with Gasteiger partial charge in [-0.1, -0.05) is 18.2 Å². The standard InChI is InChI=1S/C19H17F2N3O2S/c1-27(25,26)24-16-4-2-3-14(8-16)15-9-17(12-22-11-15)23-10-13-5-6-18(20)19(21)7-13/h2-9,11-12,23-24H,10H2,1H3. The van der Waals surface area contributed by atoms with Crippen molar-refractivity contribution in [2.24, 2.45) is 0 Å². The second kappa shape index (κ2) is 7.71. The minimum absolute atomic E-state index is 0.304. The Labute approximate surface area is 156 Å². The molecule has 1 aromatic heterocycles. The molecule has 2 N–H and O–H groups in total. The van der Waals surface area contributed by atoms with Gasteiger partial charge in [0, 0.05) is 30.2 Å². The Kier molecular flexibility index (Phi) is 5.36. The van der Waals surface area contributed by atoms with E-state index >= 15 is 0 Å². The van der Waals surface area contributed by atoms with Crippen molar-refractivity contribution in [2.45, 2.75) is 6.54 Å². The molecule has 0 bridgehead atoms. The van der Waals surface area contributed by atoms with Gasteiger partial charge in [0.15, 0.2) is 11.6 Å². The molecular weight excluding hydrogens is 372 g/mol. The summed E-state index contributed by atoms with van der Waals surface area (Å²) in [5.41, 5.74) is 3.31. The van der Waals surface area contributed by atoms with E-state index in [2.05, 4.69) is 15.0 Å². The van der Waals surface area contributed by atoms with Crippen LogP contribution < -0.4 is 10.0 Å². The number of hydrogen-bond acceptors (Lipinski definition) is 4. The predicted octanol–water partition coefficient (Wildman–Crippen LogP) is 4.01. The Morgan fingerprint density at radius 1 is 0.926 bits per heavy atom. The van der Waals surface area contributed by atoms with Crippen molar-refractivity contribution < 1.29 is 17.2 Å². The van der Waals surface area contributed by atoms with E-state index in [4.69, 9.17) is 0 Å². The molecule has 0 radical (unpaired) electrons. The first-order chi connectivity index (χ1) is 12.8. The summed E-state index contributed by atoms with van der Waals surface area (Å²) in [6.45, 7) is 0.304. The SMILES string of the molecule is CS(=O)(=O)Nc1cccc(-c2cncc(NCc3ccc(F)c(F)c3)c2)c1. The summed E-state index contributed by atoms with van der Waals surface area (Å²) in [6.07, 6.45) is 4.36. The van der Waals surface area contributed by atoms with Crippen molar-refractivity contribution >= 4 is 21.4 Å². The van der Waals surface area contributed by atoms with Gasteiger partial charge in [0.2, 0.25) is 10.0 Å². The smallest absolute Gasteiger partial charge is 0.229 e. The Hall–Kier alpha value is -3.00. The summed E-state index contributed by atoms with van der Waals surface area (Å²) in [7, 11) is -3.37. The molecule has 140 valence electrons. The fraction of sp³-hybridized carbons (Fsp3) is 0.105. The quantitative estimate of drug-likeness (QED) is 0.668. The van der Waals surface area contributed by atoms with Gasteiger partial charge in [-0.2, -0.15) is 0 Å². The van der Waals surface area contributed by atoms with Crippen LogP contribution in [0.25, 0.3) is 11.1 Å². The third-order valence-electron chi connectivity index (χ3n) is 3.72. The van der Waals surface area contributed by atoms with Gasteiger partial charge < -0.3 is 5.32 Å². The van der Waals surface area contributed by atoms with Crippen molar-refractivity contribution in [3.8, 4) is 11.1 Å². The molecule has 0 spiro atoms. The Bertz CT molecular complexity index is 1070. The van der Waals surface area contributed by atoms with Gasteiger partial charge in [-0.05, 0) is 41.5 Å². The number of rotatable bonds is 6. The predicted molar refractivity (Wildman–Crippen MR) is 102 cm³/mol. The van der Waals surface area contributed by atoms with E-state index in [1.54, 1.807) is 30.6 Å². The summed E-state index contributed by atoms with van der Waals surface area (Å²) in [4.78, 5) is 4.17. The molecule has 0 saturated heterocycles. The van der Waals surface area contributed by atoms with Crippen LogP contribution in [0.1, 0.15) is 5.56 Å². The van der Waals surface area contributed by atoms with E-state index in [9.17, 15) is 17.2 Å². The lowest BCUT2D eigenvalue weighted by molar-refractivity contribution is 0.507. The van der Waals surface area contributed by atoms with Crippen molar-refractivity contribution in [1.82, 2.24) is 4.98 Å². The van der Waals surface area contributed by atoms with Crippen LogP contribution in [-0.2, 0) is 16.6 Å². The van der Waals surface area contributed by atoms with Crippen LogP contribution in [0.15, 0.2) is 60.9 Å². The largest absolute Gasteiger partial charge is 0.380 e. The number of pyridine rings is 1. The van der Waals surface area contributed by atoms with Gasteiger partial charge in [0.1, 0.15) is 0 Å². The first-order valence-corrected chi connectivity index (χ1v) is 9.90. The molecule has 5 nitrogen and oxygen atoms in total. The monoisotopic (exact) mass is 389 g/mol. The molecule has 0 atom stereocenters. The molecule has 8 heteroatoms. The fourth-order valence-electron chi connectivity index (χ4n) is 2.52. The van der Waals surface area contributed by atoms with Gasteiger partial charge in [-0.15, -0.1) is 0 Å².